The van der Waals surface area contributed by atoms with Crippen LogP contribution in [0, 0.1) is 5.92 Å². The Morgan fingerprint density at radius 2 is 2.07 bits per heavy atom. The molecule has 2 aromatic rings. The Hall–Kier alpha value is -1.96. The Labute approximate surface area is 167 Å². The molecule has 4 rings (SSSR count). The number of nitrogens with zero attached hydrogens (tertiary/aromatic N) is 5. The number of piperidine rings is 1. The third kappa shape index (κ3) is 4.06. The summed E-state index contributed by atoms with van der Waals surface area (Å²) in [5.41, 5.74) is 1.28. The average molecular weight is 385 g/mol. The smallest absolute Gasteiger partial charge is 0.128 e. The minimum atomic E-state index is 0.271. The number of pyridine rings is 1. The molecule has 7 nitrogen and oxygen atoms in total. The van der Waals surface area contributed by atoms with E-state index in [1.165, 1.54) is 5.56 Å². The normalized spacial score (nSPS) is 25.7. The SMILES string of the molecule is CCC(c1cn[nH]c1)N1CCN(C2CN(c3ccccn3)CCC2CO)CC1. The maximum Gasteiger partial charge on any atom is 0.128 e. The topological polar surface area (TPSA) is 71.5 Å². The van der Waals surface area contributed by atoms with Crippen molar-refractivity contribution in [1.82, 2.24) is 25.0 Å². The minimum absolute atomic E-state index is 0.271. The van der Waals surface area contributed by atoms with Gasteiger partial charge in [0.25, 0.3) is 0 Å². The van der Waals surface area contributed by atoms with Crippen molar-refractivity contribution in [2.45, 2.75) is 31.8 Å². The second-order valence-corrected chi connectivity index (χ2v) is 7.96. The number of hydrogen-bond donors (Lipinski definition) is 2. The van der Waals surface area contributed by atoms with Gasteiger partial charge in [-0.1, -0.05) is 13.0 Å². The monoisotopic (exact) mass is 384 g/mol. The third-order valence-electron chi connectivity index (χ3n) is 6.48. The molecule has 0 spiro atoms. The molecule has 0 aliphatic carbocycles. The zero-order valence-electron chi connectivity index (χ0n) is 16.7. The minimum Gasteiger partial charge on any atom is -0.396 e. The molecule has 3 atom stereocenters. The van der Waals surface area contributed by atoms with E-state index in [0.717, 1.165) is 57.9 Å². The summed E-state index contributed by atoms with van der Waals surface area (Å²) in [6.45, 7) is 8.64. The maximum absolute atomic E-state index is 9.97. The van der Waals surface area contributed by atoms with Crippen molar-refractivity contribution in [2.75, 3.05) is 50.8 Å². The number of H-pyrrole nitrogens is 1. The Balaban J connectivity index is 1.40. The van der Waals surface area contributed by atoms with Crippen molar-refractivity contribution in [2.24, 2.45) is 5.92 Å². The van der Waals surface area contributed by atoms with Crippen LogP contribution < -0.4 is 4.90 Å². The van der Waals surface area contributed by atoms with Crippen molar-refractivity contribution in [3.05, 3.63) is 42.4 Å². The molecular weight excluding hydrogens is 352 g/mol. The lowest BCUT2D eigenvalue weighted by Crippen LogP contribution is -2.59. The van der Waals surface area contributed by atoms with E-state index >= 15 is 0 Å². The van der Waals surface area contributed by atoms with Crippen LogP contribution in [-0.4, -0.2) is 82.0 Å². The largest absolute Gasteiger partial charge is 0.396 e. The van der Waals surface area contributed by atoms with Gasteiger partial charge in [-0.05, 0) is 25.0 Å². The molecule has 4 heterocycles. The fourth-order valence-corrected chi connectivity index (χ4v) is 4.88. The number of rotatable bonds is 6. The molecule has 152 valence electrons. The molecule has 7 heteroatoms. The Kier molecular flexibility index (Phi) is 6.24. The number of piperazine rings is 1. The molecule has 0 amide bonds. The van der Waals surface area contributed by atoms with Crippen molar-refractivity contribution in [3.63, 3.8) is 0 Å². The van der Waals surface area contributed by atoms with Gasteiger partial charge in [0.05, 0.1) is 6.20 Å². The van der Waals surface area contributed by atoms with Gasteiger partial charge >= 0.3 is 0 Å². The van der Waals surface area contributed by atoms with Gasteiger partial charge in [-0.3, -0.25) is 14.9 Å². The zero-order valence-corrected chi connectivity index (χ0v) is 16.7. The summed E-state index contributed by atoms with van der Waals surface area (Å²) in [5.74, 6) is 1.40. The lowest BCUT2D eigenvalue weighted by atomic mass is 9.90. The first-order valence-corrected chi connectivity index (χ1v) is 10.5. The number of aliphatic hydroxyl groups is 1. The quantitative estimate of drug-likeness (QED) is 0.791. The van der Waals surface area contributed by atoms with Gasteiger partial charge in [0.2, 0.25) is 0 Å². The highest BCUT2D eigenvalue weighted by Gasteiger charge is 2.36. The van der Waals surface area contributed by atoms with Gasteiger partial charge in [0.15, 0.2) is 0 Å². The molecule has 0 saturated carbocycles. The van der Waals surface area contributed by atoms with E-state index in [2.05, 4.69) is 48.9 Å². The summed E-state index contributed by atoms with van der Waals surface area (Å²) in [7, 11) is 0. The predicted octanol–water partition coefficient (Wildman–Crippen LogP) is 1.76. The van der Waals surface area contributed by atoms with Crippen LogP contribution in [0.1, 0.15) is 31.4 Å². The Bertz CT molecular complexity index is 701. The second kappa shape index (κ2) is 9.03. The molecule has 3 unspecified atom stereocenters. The highest BCUT2D eigenvalue weighted by molar-refractivity contribution is 5.38. The summed E-state index contributed by atoms with van der Waals surface area (Å²) in [4.78, 5) is 12.1. The summed E-state index contributed by atoms with van der Waals surface area (Å²) in [6, 6.07) is 6.92. The second-order valence-electron chi connectivity index (χ2n) is 7.96. The molecule has 28 heavy (non-hydrogen) atoms. The number of anilines is 1. The summed E-state index contributed by atoms with van der Waals surface area (Å²) < 4.78 is 0. The fourth-order valence-electron chi connectivity index (χ4n) is 4.88. The van der Waals surface area contributed by atoms with Crippen LogP contribution in [-0.2, 0) is 0 Å². The van der Waals surface area contributed by atoms with Crippen molar-refractivity contribution in [1.29, 1.82) is 0 Å². The molecule has 2 N–H and O–H groups in total. The molecular formula is C21H32N6O. The van der Waals surface area contributed by atoms with Gasteiger partial charge in [0, 0.05) is 81.8 Å². The molecule has 2 fully saturated rings. The maximum atomic E-state index is 9.97. The molecule has 0 aromatic carbocycles. The van der Waals surface area contributed by atoms with Crippen molar-refractivity contribution >= 4 is 5.82 Å². The highest BCUT2D eigenvalue weighted by atomic mass is 16.3. The van der Waals surface area contributed by atoms with Crippen LogP contribution >= 0.6 is 0 Å². The lowest BCUT2D eigenvalue weighted by Gasteiger charge is -2.48. The molecule has 2 aromatic heterocycles. The summed E-state index contributed by atoms with van der Waals surface area (Å²) in [5, 5.41) is 17.1. The van der Waals surface area contributed by atoms with E-state index < -0.39 is 0 Å². The number of aromatic amines is 1. The van der Waals surface area contributed by atoms with E-state index in [9.17, 15) is 5.11 Å². The number of nitrogens with one attached hydrogen (secondary N) is 1. The number of aliphatic hydroxyl groups excluding tert-OH is 1. The predicted molar refractivity (Wildman–Crippen MR) is 110 cm³/mol. The summed E-state index contributed by atoms with van der Waals surface area (Å²) >= 11 is 0. The number of hydrogen-bond acceptors (Lipinski definition) is 6. The molecule has 2 aliphatic rings. The average Bonchev–Trinajstić information content (AvgIpc) is 3.29. The van der Waals surface area contributed by atoms with E-state index in [0.29, 0.717) is 18.0 Å². The molecule has 2 saturated heterocycles. The fraction of sp³-hybridized carbons (Fsp3) is 0.619. The van der Waals surface area contributed by atoms with Gasteiger partial charge in [-0.25, -0.2) is 4.98 Å². The van der Waals surface area contributed by atoms with Gasteiger partial charge in [-0.2, -0.15) is 5.10 Å². The van der Waals surface area contributed by atoms with Crippen molar-refractivity contribution < 1.29 is 5.11 Å². The van der Waals surface area contributed by atoms with Crippen LogP contribution in [0.4, 0.5) is 5.82 Å². The molecule has 0 radical (unpaired) electrons. The van der Waals surface area contributed by atoms with E-state index in [4.69, 9.17) is 0 Å². The van der Waals surface area contributed by atoms with Crippen molar-refractivity contribution in [3.8, 4) is 0 Å². The Morgan fingerprint density at radius 3 is 2.71 bits per heavy atom. The van der Waals surface area contributed by atoms with Gasteiger partial charge in [-0.15, -0.1) is 0 Å². The van der Waals surface area contributed by atoms with Crippen LogP contribution in [0.2, 0.25) is 0 Å². The Morgan fingerprint density at radius 1 is 1.21 bits per heavy atom. The first-order chi connectivity index (χ1) is 13.8. The van der Waals surface area contributed by atoms with E-state index in [1.54, 1.807) is 0 Å². The third-order valence-corrected chi connectivity index (χ3v) is 6.48. The van der Waals surface area contributed by atoms with E-state index in [1.807, 2.05) is 24.7 Å². The van der Waals surface area contributed by atoms with Crippen LogP contribution in [0.25, 0.3) is 0 Å². The van der Waals surface area contributed by atoms with Crippen LogP contribution in [0.15, 0.2) is 36.8 Å². The highest BCUT2D eigenvalue weighted by Crippen LogP contribution is 2.29. The first kappa shape index (κ1) is 19.4. The van der Waals surface area contributed by atoms with E-state index in [-0.39, 0.29) is 6.61 Å². The molecule has 2 aliphatic heterocycles. The van der Waals surface area contributed by atoms with Gasteiger partial charge < -0.3 is 10.0 Å². The van der Waals surface area contributed by atoms with Gasteiger partial charge in [0.1, 0.15) is 5.82 Å². The zero-order chi connectivity index (χ0) is 19.3. The first-order valence-electron chi connectivity index (χ1n) is 10.5. The van der Waals surface area contributed by atoms with Crippen LogP contribution in [0.5, 0.6) is 0 Å². The lowest BCUT2D eigenvalue weighted by molar-refractivity contribution is 0.0274. The number of aromatic nitrogens is 3. The van der Waals surface area contributed by atoms with Crippen LogP contribution in [0.3, 0.4) is 0 Å². The molecule has 0 bridgehead atoms. The standard InChI is InChI=1S/C21H32N6O/c1-2-19(18-13-23-24-14-18)25-9-11-26(12-10-25)20-15-27(8-6-17(20)16-28)21-5-3-4-7-22-21/h3-5,7,13-14,17,19-20,28H,2,6,8-12,15-16H2,1H3,(H,23,24). The summed E-state index contributed by atoms with van der Waals surface area (Å²) in [6.07, 6.45) is 7.95.